The van der Waals surface area contributed by atoms with Crippen molar-refractivity contribution < 1.29 is 24.1 Å². The Labute approximate surface area is 139 Å². The van der Waals surface area contributed by atoms with E-state index in [1.807, 2.05) is 0 Å². The summed E-state index contributed by atoms with van der Waals surface area (Å²) in [6.07, 6.45) is 1.42. The molecule has 24 heavy (non-hydrogen) atoms. The van der Waals surface area contributed by atoms with Gasteiger partial charge < -0.3 is 19.3 Å². The first-order chi connectivity index (χ1) is 11.6. The fourth-order valence-electron chi connectivity index (χ4n) is 1.85. The molecule has 2 aromatic rings. The van der Waals surface area contributed by atoms with E-state index >= 15 is 0 Å². The van der Waals surface area contributed by atoms with Gasteiger partial charge in [-0.1, -0.05) is 6.07 Å². The van der Waals surface area contributed by atoms with E-state index in [-0.39, 0.29) is 12.4 Å². The van der Waals surface area contributed by atoms with Gasteiger partial charge in [0.05, 0.1) is 20.4 Å². The number of carbonyl (C=O) groups excluding carboxylic acids is 1. The third-order valence-electron chi connectivity index (χ3n) is 3.02. The van der Waals surface area contributed by atoms with E-state index in [4.69, 9.17) is 14.2 Å². The molecule has 0 aliphatic carbocycles. The lowest BCUT2D eigenvalue weighted by atomic mass is 10.2. The van der Waals surface area contributed by atoms with Gasteiger partial charge in [-0.2, -0.15) is 5.10 Å². The summed E-state index contributed by atoms with van der Waals surface area (Å²) in [5.74, 6) is 1.28. The van der Waals surface area contributed by atoms with Crippen LogP contribution in [0.3, 0.4) is 0 Å². The number of hydrazone groups is 1. The van der Waals surface area contributed by atoms with E-state index in [9.17, 15) is 9.90 Å². The molecule has 7 nitrogen and oxygen atoms in total. The van der Waals surface area contributed by atoms with Gasteiger partial charge in [0.2, 0.25) is 0 Å². The number of nitrogens with one attached hydrogen (secondary N) is 1. The molecule has 0 saturated heterocycles. The normalized spacial score (nSPS) is 10.4. The first-order valence-corrected chi connectivity index (χ1v) is 7.08. The van der Waals surface area contributed by atoms with E-state index in [1.165, 1.54) is 25.5 Å². The van der Waals surface area contributed by atoms with Crippen LogP contribution in [0.15, 0.2) is 47.6 Å². The molecule has 0 heterocycles. The molecule has 0 saturated carbocycles. The van der Waals surface area contributed by atoms with Crippen LogP contribution in [0.2, 0.25) is 0 Å². The number of aromatic hydroxyl groups is 1. The zero-order valence-corrected chi connectivity index (χ0v) is 13.4. The maximum atomic E-state index is 11.7. The average molecular weight is 330 g/mol. The van der Waals surface area contributed by atoms with E-state index in [1.54, 1.807) is 37.4 Å². The summed E-state index contributed by atoms with van der Waals surface area (Å²) in [7, 11) is 3.03. The summed E-state index contributed by atoms with van der Waals surface area (Å²) < 4.78 is 15.5. The highest BCUT2D eigenvalue weighted by Crippen LogP contribution is 2.22. The smallest absolute Gasteiger partial charge is 0.277 e. The lowest BCUT2D eigenvalue weighted by Crippen LogP contribution is -2.24. The minimum atomic E-state index is -0.410. The van der Waals surface area contributed by atoms with Crippen molar-refractivity contribution >= 4 is 12.1 Å². The number of benzene rings is 2. The molecule has 0 aliphatic rings. The molecule has 1 amide bonds. The van der Waals surface area contributed by atoms with Crippen LogP contribution in [0.1, 0.15) is 5.56 Å². The van der Waals surface area contributed by atoms with E-state index in [2.05, 4.69) is 10.5 Å². The first-order valence-electron chi connectivity index (χ1n) is 7.08. The minimum Gasteiger partial charge on any atom is -0.508 e. The molecule has 0 spiro atoms. The molecule has 0 fully saturated rings. The molecule has 2 aromatic carbocycles. The van der Waals surface area contributed by atoms with Gasteiger partial charge in [0.1, 0.15) is 23.0 Å². The predicted molar refractivity (Wildman–Crippen MR) is 88.9 cm³/mol. The number of hydrogen-bond donors (Lipinski definition) is 2. The highest BCUT2D eigenvalue weighted by molar-refractivity contribution is 5.85. The van der Waals surface area contributed by atoms with Crippen LogP contribution in [0.5, 0.6) is 23.0 Å². The summed E-state index contributed by atoms with van der Waals surface area (Å²) >= 11 is 0. The van der Waals surface area contributed by atoms with Crippen molar-refractivity contribution in [3.05, 3.63) is 48.0 Å². The SMILES string of the molecule is COc1cccc(OCC(=O)NN=Cc2ccc(O)cc2OC)c1. The minimum absolute atomic E-state index is 0.0831. The number of carbonyl (C=O) groups is 1. The first kappa shape index (κ1) is 17.1. The zero-order valence-electron chi connectivity index (χ0n) is 13.4. The quantitative estimate of drug-likeness (QED) is 0.598. The highest BCUT2D eigenvalue weighted by atomic mass is 16.5. The van der Waals surface area contributed by atoms with Crippen LogP contribution in [-0.2, 0) is 4.79 Å². The maximum absolute atomic E-state index is 11.7. The Balaban J connectivity index is 1.86. The van der Waals surface area contributed by atoms with Crippen LogP contribution < -0.4 is 19.6 Å². The summed E-state index contributed by atoms with van der Waals surface area (Å²) in [6.45, 7) is -0.183. The standard InChI is InChI=1S/C17H18N2O5/c1-22-14-4-3-5-15(9-14)24-11-17(21)19-18-10-12-6-7-13(20)8-16(12)23-2/h3-10,20H,11H2,1-2H3,(H,19,21). The Morgan fingerprint density at radius 3 is 2.71 bits per heavy atom. The number of methoxy groups -OCH3 is 2. The number of phenolic OH excluding ortho intramolecular Hbond substituents is 1. The van der Waals surface area contributed by atoms with E-state index in [0.717, 1.165) is 0 Å². The second-order valence-electron chi connectivity index (χ2n) is 4.69. The second kappa shape index (κ2) is 8.42. The summed E-state index contributed by atoms with van der Waals surface area (Å²) in [5.41, 5.74) is 2.97. The van der Waals surface area contributed by atoms with Crippen molar-refractivity contribution in [2.75, 3.05) is 20.8 Å². The fraction of sp³-hybridized carbons (Fsp3) is 0.176. The number of phenols is 1. The van der Waals surface area contributed by atoms with Crippen molar-refractivity contribution in [3.63, 3.8) is 0 Å². The molecule has 2 N–H and O–H groups in total. The van der Waals surface area contributed by atoms with Crippen molar-refractivity contribution in [3.8, 4) is 23.0 Å². The number of hydrogen-bond acceptors (Lipinski definition) is 6. The van der Waals surface area contributed by atoms with Gasteiger partial charge in [-0.25, -0.2) is 5.43 Å². The highest BCUT2D eigenvalue weighted by Gasteiger charge is 2.04. The van der Waals surface area contributed by atoms with Crippen molar-refractivity contribution in [1.29, 1.82) is 0 Å². The molecule has 0 atom stereocenters. The zero-order chi connectivity index (χ0) is 17.4. The van der Waals surface area contributed by atoms with Gasteiger partial charge in [0.15, 0.2) is 6.61 Å². The molecule has 0 unspecified atom stereocenters. The third kappa shape index (κ3) is 4.91. The van der Waals surface area contributed by atoms with E-state index < -0.39 is 5.91 Å². The molecule has 0 bridgehead atoms. The predicted octanol–water partition coefficient (Wildman–Crippen LogP) is 1.94. The third-order valence-corrected chi connectivity index (χ3v) is 3.02. The number of nitrogens with zero attached hydrogens (tertiary/aromatic N) is 1. The molecule has 126 valence electrons. The summed E-state index contributed by atoms with van der Waals surface area (Å²) in [4.78, 5) is 11.7. The summed E-state index contributed by atoms with van der Waals surface area (Å²) in [6, 6.07) is 11.5. The lowest BCUT2D eigenvalue weighted by molar-refractivity contribution is -0.123. The van der Waals surface area contributed by atoms with Crippen LogP contribution >= 0.6 is 0 Å². The molecular formula is C17H18N2O5. The van der Waals surface area contributed by atoms with Crippen molar-refractivity contribution in [2.45, 2.75) is 0 Å². The van der Waals surface area contributed by atoms with Crippen LogP contribution in [0.4, 0.5) is 0 Å². The van der Waals surface area contributed by atoms with E-state index in [0.29, 0.717) is 22.8 Å². The molecule has 0 radical (unpaired) electrons. The number of amides is 1. The van der Waals surface area contributed by atoms with Crippen LogP contribution in [0, 0.1) is 0 Å². The van der Waals surface area contributed by atoms with Gasteiger partial charge in [0.25, 0.3) is 5.91 Å². The number of rotatable bonds is 7. The second-order valence-corrected chi connectivity index (χ2v) is 4.69. The van der Waals surface area contributed by atoms with Gasteiger partial charge in [-0.3, -0.25) is 4.79 Å². The Kier molecular flexibility index (Phi) is 6.01. The molecule has 0 aliphatic heterocycles. The molecule has 7 heteroatoms. The Bertz CT molecular complexity index is 731. The Hall–Kier alpha value is -3.22. The average Bonchev–Trinajstić information content (AvgIpc) is 2.61. The molecular weight excluding hydrogens is 312 g/mol. The molecule has 0 aromatic heterocycles. The fourth-order valence-corrected chi connectivity index (χ4v) is 1.85. The Morgan fingerprint density at radius 1 is 1.17 bits per heavy atom. The van der Waals surface area contributed by atoms with Crippen LogP contribution in [0.25, 0.3) is 0 Å². The van der Waals surface area contributed by atoms with Crippen LogP contribution in [-0.4, -0.2) is 38.1 Å². The van der Waals surface area contributed by atoms with Gasteiger partial charge in [-0.05, 0) is 24.3 Å². The summed E-state index contributed by atoms with van der Waals surface area (Å²) in [5, 5.41) is 13.2. The lowest BCUT2D eigenvalue weighted by Gasteiger charge is -2.07. The number of ether oxygens (including phenoxy) is 3. The topological polar surface area (TPSA) is 89.4 Å². The van der Waals surface area contributed by atoms with Crippen molar-refractivity contribution in [1.82, 2.24) is 5.43 Å². The van der Waals surface area contributed by atoms with Gasteiger partial charge in [-0.15, -0.1) is 0 Å². The Morgan fingerprint density at radius 2 is 1.96 bits per heavy atom. The molecule has 2 rings (SSSR count). The van der Waals surface area contributed by atoms with Crippen molar-refractivity contribution in [2.24, 2.45) is 5.10 Å². The van der Waals surface area contributed by atoms with Gasteiger partial charge in [0, 0.05) is 17.7 Å². The monoisotopic (exact) mass is 330 g/mol. The maximum Gasteiger partial charge on any atom is 0.277 e. The van der Waals surface area contributed by atoms with Gasteiger partial charge >= 0.3 is 0 Å². The largest absolute Gasteiger partial charge is 0.508 e.